The van der Waals surface area contributed by atoms with Gasteiger partial charge in [-0.05, 0) is 84.3 Å². The summed E-state index contributed by atoms with van der Waals surface area (Å²) in [5.41, 5.74) is 6.67. The van der Waals surface area contributed by atoms with Crippen LogP contribution in [0.2, 0.25) is 5.02 Å². The summed E-state index contributed by atoms with van der Waals surface area (Å²) in [5.74, 6) is 0.969. The van der Waals surface area contributed by atoms with Crippen molar-refractivity contribution in [3.63, 3.8) is 0 Å². The first-order valence-corrected chi connectivity index (χ1v) is 13.5. The van der Waals surface area contributed by atoms with Gasteiger partial charge in [-0.15, -0.1) is 11.3 Å². The minimum atomic E-state index is -0.242. The second-order valence-electron chi connectivity index (χ2n) is 8.88. The van der Waals surface area contributed by atoms with Gasteiger partial charge in [0.05, 0.1) is 12.8 Å². The number of fused-ring (bicyclic) bond motifs is 1. The van der Waals surface area contributed by atoms with E-state index in [0.717, 1.165) is 35.2 Å². The Morgan fingerprint density at radius 1 is 1.03 bits per heavy atom. The zero-order valence-electron chi connectivity index (χ0n) is 20.5. The van der Waals surface area contributed by atoms with Crippen LogP contribution in [0.3, 0.4) is 0 Å². The number of amides is 1. The van der Waals surface area contributed by atoms with Crippen LogP contribution >= 0.6 is 22.9 Å². The van der Waals surface area contributed by atoms with Crippen molar-refractivity contribution in [2.45, 2.75) is 32.3 Å². The maximum atomic E-state index is 12.5. The Bertz CT molecular complexity index is 1430. The lowest BCUT2D eigenvalue weighted by molar-refractivity contribution is -0.111. The van der Waals surface area contributed by atoms with E-state index in [-0.39, 0.29) is 5.91 Å². The number of carbonyl (C=O) groups excluding carboxylic acids is 1. The molecule has 1 aliphatic rings. The number of ether oxygens (including phenoxy) is 2. The molecule has 0 saturated carbocycles. The van der Waals surface area contributed by atoms with Crippen molar-refractivity contribution in [3.05, 3.63) is 99.4 Å². The molecule has 3 aromatic carbocycles. The van der Waals surface area contributed by atoms with Gasteiger partial charge >= 0.3 is 0 Å². The Morgan fingerprint density at radius 2 is 1.84 bits per heavy atom. The van der Waals surface area contributed by atoms with Crippen molar-refractivity contribution in [1.29, 1.82) is 0 Å². The maximum absolute atomic E-state index is 12.5. The summed E-state index contributed by atoms with van der Waals surface area (Å²) in [5, 5.41) is 6.11. The number of hydrogen-bond donors (Lipinski definition) is 1. The van der Waals surface area contributed by atoms with Crippen molar-refractivity contribution in [2.24, 2.45) is 0 Å². The van der Waals surface area contributed by atoms with Gasteiger partial charge < -0.3 is 9.47 Å². The lowest BCUT2D eigenvalue weighted by atomic mass is 9.90. The summed E-state index contributed by atoms with van der Waals surface area (Å²) < 4.78 is 11.4. The third-order valence-corrected chi connectivity index (χ3v) is 7.31. The first-order chi connectivity index (χ1) is 18.1. The number of rotatable bonds is 8. The average Bonchev–Trinajstić information content (AvgIpc) is 3.40. The fourth-order valence-electron chi connectivity index (χ4n) is 4.32. The van der Waals surface area contributed by atoms with Crippen LogP contribution in [0.5, 0.6) is 11.5 Å². The van der Waals surface area contributed by atoms with E-state index in [1.807, 2.05) is 47.8 Å². The zero-order chi connectivity index (χ0) is 25.6. The Morgan fingerprint density at radius 3 is 2.65 bits per heavy atom. The summed E-state index contributed by atoms with van der Waals surface area (Å²) in [6, 6.07) is 19.6. The fraction of sp³-hybridized carbons (Fsp3) is 0.200. The van der Waals surface area contributed by atoms with Gasteiger partial charge in [0.2, 0.25) is 5.91 Å². The second-order valence-corrected chi connectivity index (χ2v) is 10.2. The number of carbonyl (C=O) groups is 1. The maximum Gasteiger partial charge on any atom is 0.250 e. The minimum absolute atomic E-state index is 0.242. The van der Waals surface area contributed by atoms with Gasteiger partial charge in [0.25, 0.3) is 0 Å². The summed E-state index contributed by atoms with van der Waals surface area (Å²) >= 11 is 7.36. The number of aryl methyl sites for hydroxylation is 2. The van der Waals surface area contributed by atoms with Crippen molar-refractivity contribution in [2.75, 3.05) is 12.4 Å². The average molecular weight is 531 g/mol. The molecule has 1 aromatic heterocycles. The second kappa shape index (κ2) is 11.6. The van der Waals surface area contributed by atoms with Gasteiger partial charge in [-0.1, -0.05) is 41.9 Å². The van der Waals surface area contributed by atoms with Crippen LogP contribution < -0.4 is 14.8 Å². The number of aromatic nitrogens is 1. The number of halogens is 1. The number of anilines is 1. The van der Waals surface area contributed by atoms with Gasteiger partial charge in [-0.3, -0.25) is 10.1 Å². The monoisotopic (exact) mass is 530 g/mol. The number of benzene rings is 3. The standard InChI is InChI=1S/C30H27ClN2O3S/c1-35-28-16-20(8-14-27(28)36-18-21-6-12-25(31)13-7-21)9-15-29(34)33-30-32-26(19-37-30)24-11-10-22-4-2-3-5-23(22)17-24/h6-17,19H,2-5,18H2,1H3,(H,32,33,34)/b15-9+. The van der Waals surface area contributed by atoms with E-state index >= 15 is 0 Å². The Balaban J connectivity index is 1.19. The first-order valence-electron chi connectivity index (χ1n) is 12.2. The molecule has 0 atom stereocenters. The number of thiazole rings is 1. The van der Waals surface area contributed by atoms with E-state index in [2.05, 4.69) is 28.5 Å². The molecule has 0 radical (unpaired) electrons. The van der Waals surface area contributed by atoms with Crippen LogP contribution in [0.15, 0.2) is 72.1 Å². The molecule has 188 valence electrons. The third-order valence-electron chi connectivity index (χ3n) is 6.30. The molecule has 1 amide bonds. The normalized spacial score (nSPS) is 12.8. The van der Waals surface area contributed by atoms with Gasteiger partial charge in [0.1, 0.15) is 6.61 Å². The molecule has 37 heavy (non-hydrogen) atoms. The van der Waals surface area contributed by atoms with E-state index in [1.54, 1.807) is 13.2 Å². The molecule has 5 rings (SSSR count). The fourth-order valence-corrected chi connectivity index (χ4v) is 5.17. The minimum Gasteiger partial charge on any atom is -0.493 e. The lowest BCUT2D eigenvalue weighted by Crippen LogP contribution is -2.07. The Labute approximate surface area is 225 Å². The van der Waals surface area contributed by atoms with E-state index in [1.165, 1.54) is 41.4 Å². The smallest absolute Gasteiger partial charge is 0.250 e. The highest BCUT2D eigenvalue weighted by Crippen LogP contribution is 2.31. The molecule has 0 fully saturated rings. The van der Waals surface area contributed by atoms with E-state index < -0.39 is 0 Å². The number of methoxy groups -OCH3 is 1. The number of hydrogen-bond acceptors (Lipinski definition) is 5. The van der Waals surface area contributed by atoms with Crippen LogP contribution in [0.1, 0.15) is 35.1 Å². The molecule has 4 aromatic rings. The van der Waals surface area contributed by atoms with Crippen LogP contribution in [-0.4, -0.2) is 18.0 Å². The van der Waals surface area contributed by atoms with E-state index in [0.29, 0.717) is 28.3 Å². The molecule has 0 bridgehead atoms. The molecule has 0 saturated heterocycles. The van der Waals surface area contributed by atoms with Crippen LogP contribution in [0.25, 0.3) is 17.3 Å². The number of nitrogens with zero attached hydrogens (tertiary/aromatic N) is 1. The first kappa shape index (κ1) is 25.1. The highest BCUT2D eigenvalue weighted by molar-refractivity contribution is 7.14. The summed E-state index contributed by atoms with van der Waals surface area (Å²) in [7, 11) is 1.59. The quantitative estimate of drug-likeness (QED) is 0.238. The van der Waals surface area contributed by atoms with Crippen molar-refractivity contribution >= 4 is 40.1 Å². The van der Waals surface area contributed by atoms with Crippen LogP contribution in [0.4, 0.5) is 5.13 Å². The molecule has 0 aliphatic heterocycles. The topological polar surface area (TPSA) is 60.5 Å². The van der Waals surface area contributed by atoms with E-state index in [9.17, 15) is 4.79 Å². The van der Waals surface area contributed by atoms with Crippen molar-refractivity contribution in [3.8, 4) is 22.8 Å². The zero-order valence-corrected chi connectivity index (χ0v) is 22.1. The molecule has 1 aliphatic carbocycles. The van der Waals surface area contributed by atoms with Crippen LogP contribution in [-0.2, 0) is 24.2 Å². The van der Waals surface area contributed by atoms with Gasteiger partial charge in [0.15, 0.2) is 16.6 Å². The highest BCUT2D eigenvalue weighted by Gasteiger charge is 2.12. The van der Waals surface area contributed by atoms with Gasteiger partial charge in [-0.2, -0.15) is 0 Å². The SMILES string of the molecule is COc1cc(/C=C/C(=O)Nc2nc(-c3ccc4c(c3)CCCC4)cs2)ccc1OCc1ccc(Cl)cc1. The predicted molar refractivity (Wildman–Crippen MR) is 151 cm³/mol. The van der Waals surface area contributed by atoms with E-state index in [4.69, 9.17) is 21.1 Å². The predicted octanol–water partition coefficient (Wildman–Crippen LogP) is 7.58. The lowest BCUT2D eigenvalue weighted by Gasteiger charge is -2.16. The van der Waals surface area contributed by atoms with Crippen molar-refractivity contribution in [1.82, 2.24) is 4.98 Å². The summed E-state index contributed by atoms with van der Waals surface area (Å²) in [6.07, 6.45) is 8.02. The molecule has 0 unspecified atom stereocenters. The summed E-state index contributed by atoms with van der Waals surface area (Å²) in [6.45, 7) is 0.395. The largest absolute Gasteiger partial charge is 0.493 e. The molecular formula is C30H27ClN2O3S. The molecule has 0 spiro atoms. The van der Waals surface area contributed by atoms with Crippen molar-refractivity contribution < 1.29 is 14.3 Å². The third kappa shape index (κ3) is 6.40. The molecule has 1 N–H and O–H groups in total. The highest BCUT2D eigenvalue weighted by atomic mass is 35.5. The molecular weight excluding hydrogens is 504 g/mol. The molecule has 1 heterocycles. The Hall–Kier alpha value is -3.61. The van der Waals surface area contributed by atoms with Gasteiger partial charge in [0, 0.05) is 22.0 Å². The van der Waals surface area contributed by atoms with Gasteiger partial charge in [-0.25, -0.2) is 4.98 Å². The number of nitrogens with one attached hydrogen (secondary N) is 1. The molecule has 5 nitrogen and oxygen atoms in total. The summed E-state index contributed by atoms with van der Waals surface area (Å²) in [4.78, 5) is 17.2. The molecule has 7 heteroatoms. The van der Waals surface area contributed by atoms with Crippen LogP contribution in [0, 0.1) is 0 Å². The Kier molecular flexibility index (Phi) is 7.87.